The van der Waals surface area contributed by atoms with Gasteiger partial charge in [-0.2, -0.15) is 13.2 Å². The molecule has 9 heteroatoms. The Hall–Kier alpha value is -2.03. The summed E-state index contributed by atoms with van der Waals surface area (Å²) in [6.07, 6.45) is -3.37. The predicted molar refractivity (Wildman–Crippen MR) is 70.0 cm³/mol. The van der Waals surface area contributed by atoms with Crippen molar-refractivity contribution in [3.63, 3.8) is 0 Å². The Kier molecular flexibility index (Phi) is 5.77. The van der Waals surface area contributed by atoms with Crippen LogP contribution in [0.4, 0.5) is 24.7 Å². The Morgan fingerprint density at radius 1 is 1.52 bits per heavy atom. The molecule has 0 unspecified atom stereocenters. The molecule has 1 rings (SSSR count). The number of halogens is 3. The zero-order valence-electron chi connectivity index (χ0n) is 11.4. The molecule has 0 aromatic carbocycles. The van der Waals surface area contributed by atoms with Gasteiger partial charge in [-0.1, -0.05) is 0 Å². The molecule has 0 aliphatic carbocycles. The standard InChI is InChI=1S/C12H16F3N3O3/c1-2-21-11(20)9-5-8(16)6-17-10(9)18(3-4-19)7-12(13,14)15/h5-6,19H,2-4,7,16H2,1H3. The molecule has 0 saturated carbocycles. The van der Waals surface area contributed by atoms with Crippen molar-refractivity contribution in [3.8, 4) is 0 Å². The summed E-state index contributed by atoms with van der Waals surface area (Å²) in [5, 5.41) is 8.90. The summed E-state index contributed by atoms with van der Waals surface area (Å²) in [4.78, 5) is 16.3. The molecule has 0 aliphatic heterocycles. The van der Waals surface area contributed by atoms with E-state index in [2.05, 4.69) is 4.98 Å². The smallest absolute Gasteiger partial charge is 0.405 e. The predicted octanol–water partition coefficient (Wildman–Crippen LogP) is 1.20. The fourth-order valence-electron chi connectivity index (χ4n) is 1.68. The summed E-state index contributed by atoms with van der Waals surface area (Å²) in [5.41, 5.74) is 5.45. The minimum Gasteiger partial charge on any atom is -0.462 e. The molecule has 0 spiro atoms. The lowest BCUT2D eigenvalue weighted by atomic mass is 10.2. The number of carbonyl (C=O) groups excluding carboxylic acids is 1. The normalized spacial score (nSPS) is 11.3. The van der Waals surface area contributed by atoms with E-state index in [0.29, 0.717) is 0 Å². The van der Waals surface area contributed by atoms with Crippen LogP contribution in [0.3, 0.4) is 0 Å². The lowest BCUT2D eigenvalue weighted by Gasteiger charge is -2.25. The van der Waals surface area contributed by atoms with E-state index in [9.17, 15) is 18.0 Å². The fraction of sp³-hybridized carbons (Fsp3) is 0.500. The number of nitrogen functional groups attached to an aromatic ring is 1. The maximum atomic E-state index is 12.6. The summed E-state index contributed by atoms with van der Waals surface area (Å²) in [7, 11) is 0. The van der Waals surface area contributed by atoms with E-state index in [0.717, 1.165) is 11.1 Å². The van der Waals surface area contributed by atoms with Crippen LogP contribution in [0, 0.1) is 0 Å². The number of aliphatic hydroxyl groups excluding tert-OH is 1. The quantitative estimate of drug-likeness (QED) is 0.768. The maximum Gasteiger partial charge on any atom is 0.405 e. The molecule has 0 amide bonds. The largest absolute Gasteiger partial charge is 0.462 e. The average Bonchev–Trinajstić information content (AvgIpc) is 2.37. The van der Waals surface area contributed by atoms with E-state index < -0.39 is 25.3 Å². The average molecular weight is 307 g/mol. The van der Waals surface area contributed by atoms with Gasteiger partial charge >= 0.3 is 12.1 Å². The number of ether oxygens (including phenoxy) is 1. The number of pyridine rings is 1. The lowest BCUT2D eigenvalue weighted by Crippen LogP contribution is -2.38. The highest BCUT2D eigenvalue weighted by atomic mass is 19.4. The Balaban J connectivity index is 3.20. The summed E-state index contributed by atoms with van der Waals surface area (Å²) in [5.74, 6) is -1.05. The first kappa shape index (κ1) is 17.0. The molecule has 21 heavy (non-hydrogen) atoms. The summed E-state index contributed by atoms with van der Waals surface area (Å²) in [6.45, 7) is -0.574. The van der Waals surface area contributed by atoms with Gasteiger partial charge in [0.25, 0.3) is 0 Å². The molecular weight excluding hydrogens is 291 g/mol. The number of esters is 1. The van der Waals surface area contributed by atoms with Crippen LogP contribution in [0.1, 0.15) is 17.3 Å². The number of nitrogens with two attached hydrogens (primary N) is 1. The topological polar surface area (TPSA) is 88.7 Å². The minimum absolute atomic E-state index is 0.0618. The van der Waals surface area contributed by atoms with Gasteiger partial charge in [-0.05, 0) is 13.0 Å². The molecule has 0 saturated heterocycles. The number of carbonyl (C=O) groups is 1. The number of nitrogens with zero attached hydrogens (tertiary/aromatic N) is 2. The molecule has 6 nitrogen and oxygen atoms in total. The highest BCUT2D eigenvalue weighted by molar-refractivity contribution is 5.95. The first-order chi connectivity index (χ1) is 9.78. The molecule has 0 bridgehead atoms. The monoisotopic (exact) mass is 307 g/mol. The summed E-state index contributed by atoms with van der Waals surface area (Å²) >= 11 is 0. The van der Waals surface area contributed by atoms with Crippen molar-refractivity contribution in [2.75, 3.05) is 36.9 Å². The second-order valence-corrected chi connectivity index (χ2v) is 4.12. The molecule has 0 fully saturated rings. The van der Waals surface area contributed by atoms with Gasteiger partial charge in [-0.3, -0.25) is 0 Å². The van der Waals surface area contributed by atoms with Crippen molar-refractivity contribution in [2.24, 2.45) is 0 Å². The summed E-state index contributed by atoms with van der Waals surface area (Å²) in [6, 6.07) is 1.20. The number of aliphatic hydroxyl groups is 1. The van der Waals surface area contributed by atoms with Crippen molar-refractivity contribution in [3.05, 3.63) is 17.8 Å². The number of hydrogen-bond donors (Lipinski definition) is 2. The Bertz CT molecular complexity index is 494. The second kappa shape index (κ2) is 7.11. The molecule has 3 N–H and O–H groups in total. The number of rotatable bonds is 6. The molecule has 1 heterocycles. The Morgan fingerprint density at radius 3 is 2.71 bits per heavy atom. The van der Waals surface area contributed by atoms with E-state index in [1.807, 2.05) is 0 Å². The highest BCUT2D eigenvalue weighted by Gasteiger charge is 2.33. The van der Waals surface area contributed by atoms with Crippen molar-refractivity contribution in [1.29, 1.82) is 0 Å². The van der Waals surface area contributed by atoms with Crippen LogP contribution in [-0.4, -0.2) is 48.5 Å². The van der Waals surface area contributed by atoms with Gasteiger partial charge in [0.2, 0.25) is 0 Å². The van der Waals surface area contributed by atoms with Gasteiger partial charge in [0.05, 0.1) is 25.1 Å². The van der Waals surface area contributed by atoms with E-state index in [4.69, 9.17) is 15.6 Å². The van der Waals surface area contributed by atoms with Crippen LogP contribution in [0.25, 0.3) is 0 Å². The van der Waals surface area contributed by atoms with Gasteiger partial charge in [-0.15, -0.1) is 0 Å². The molecule has 118 valence electrons. The van der Waals surface area contributed by atoms with Crippen molar-refractivity contribution < 1.29 is 27.8 Å². The first-order valence-electron chi connectivity index (χ1n) is 6.13. The Labute approximate surface area is 119 Å². The second-order valence-electron chi connectivity index (χ2n) is 4.12. The fourth-order valence-corrected chi connectivity index (χ4v) is 1.68. The first-order valence-corrected chi connectivity index (χ1v) is 6.13. The number of anilines is 2. The SMILES string of the molecule is CCOC(=O)c1cc(N)cnc1N(CCO)CC(F)(F)F. The molecule has 1 aromatic rings. The number of alkyl halides is 3. The van der Waals surface area contributed by atoms with Crippen molar-refractivity contribution in [1.82, 2.24) is 4.98 Å². The zero-order valence-corrected chi connectivity index (χ0v) is 11.4. The highest BCUT2D eigenvalue weighted by Crippen LogP contribution is 2.25. The van der Waals surface area contributed by atoms with Gasteiger partial charge in [-0.25, -0.2) is 9.78 Å². The van der Waals surface area contributed by atoms with E-state index in [1.54, 1.807) is 6.92 Å². The maximum absolute atomic E-state index is 12.6. The Morgan fingerprint density at radius 2 is 2.19 bits per heavy atom. The zero-order chi connectivity index (χ0) is 16.0. The van der Waals surface area contributed by atoms with Crippen LogP contribution in [-0.2, 0) is 4.74 Å². The van der Waals surface area contributed by atoms with Crippen LogP contribution >= 0.6 is 0 Å². The summed E-state index contributed by atoms with van der Waals surface area (Å²) < 4.78 is 42.5. The molecule has 0 aliphatic rings. The van der Waals surface area contributed by atoms with E-state index in [-0.39, 0.29) is 30.2 Å². The third-order valence-electron chi connectivity index (χ3n) is 2.42. The molecule has 0 radical (unpaired) electrons. The van der Waals surface area contributed by atoms with Crippen LogP contribution in [0.2, 0.25) is 0 Å². The van der Waals surface area contributed by atoms with Crippen LogP contribution in [0.15, 0.2) is 12.3 Å². The van der Waals surface area contributed by atoms with Crippen molar-refractivity contribution >= 4 is 17.5 Å². The molecular formula is C12H16F3N3O3. The van der Waals surface area contributed by atoms with Crippen LogP contribution in [0.5, 0.6) is 0 Å². The van der Waals surface area contributed by atoms with Crippen LogP contribution < -0.4 is 10.6 Å². The lowest BCUT2D eigenvalue weighted by molar-refractivity contribution is -0.120. The molecule has 1 aromatic heterocycles. The van der Waals surface area contributed by atoms with Crippen molar-refractivity contribution in [2.45, 2.75) is 13.1 Å². The number of aromatic nitrogens is 1. The van der Waals surface area contributed by atoms with Gasteiger partial charge in [0.15, 0.2) is 0 Å². The van der Waals surface area contributed by atoms with Gasteiger partial charge < -0.3 is 20.5 Å². The third kappa shape index (κ3) is 5.10. The van der Waals surface area contributed by atoms with E-state index in [1.165, 1.54) is 6.07 Å². The third-order valence-corrected chi connectivity index (χ3v) is 2.42. The van der Waals surface area contributed by atoms with E-state index >= 15 is 0 Å². The minimum atomic E-state index is -4.51. The van der Waals surface area contributed by atoms with Gasteiger partial charge in [0, 0.05) is 6.54 Å². The number of hydrogen-bond acceptors (Lipinski definition) is 6. The molecule has 0 atom stereocenters. The van der Waals surface area contributed by atoms with Gasteiger partial charge in [0.1, 0.15) is 17.9 Å².